The lowest BCUT2D eigenvalue weighted by molar-refractivity contribution is -0.138. The van der Waals surface area contributed by atoms with Gasteiger partial charge in [0.1, 0.15) is 5.70 Å². The van der Waals surface area contributed by atoms with E-state index < -0.39 is 5.97 Å². The van der Waals surface area contributed by atoms with Crippen LogP contribution in [0, 0.1) is 5.41 Å². The first-order chi connectivity index (χ1) is 9.35. The Hall–Kier alpha value is -1.23. The maximum Gasteiger partial charge on any atom is 0.355 e. The van der Waals surface area contributed by atoms with Crippen LogP contribution in [0.5, 0.6) is 0 Å². The molecule has 0 radical (unpaired) electrons. The number of carbonyl (C=O) groups excluding carboxylic acids is 1. The van der Waals surface area contributed by atoms with E-state index in [0.717, 1.165) is 25.7 Å². The van der Waals surface area contributed by atoms with Crippen LogP contribution in [0.2, 0.25) is 0 Å². The molecule has 4 N–H and O–H groups in total. The molecule has 1 rings (SSSR count). The second kappa shape index (κ2) is 8.84. The van der Waals surface area contributed by atoms with Gasteiger partial charge in [-0.05, 0) is 38.0 Å². The van der Waals surface area contributed by atoms with Crippen molar-refractivity contribution >= 4 is 5.97 Å². The molecule has 0 unspecified atom stereocenters. The van der Waals surface area contributed by atoms with Crippen LogP contribution < -0.4 is 11.6 Å². The van der Waals surface area contributed by atoms with Gasteiger partial charge in [0.15, 0.2) is 0 Å². The number of nitrogens with zero attached hydrogens (tertiary/aromatic N) is 1. The Kier molecular flexibility index (Phi) is 8.30. The Labute approximate surface area is 123 Å². The summed E-state index contributed by atoms with van der Waals surface area (Å²) in [6, 6.07) is 0.256. The first kappa shape index (κ1) is 18.8. The molecule has 5 nitrogen and oxygen atoms in total. The van der Waals surface area contributed by atoms with Crippen molar-refractivity contribution in [1.29, 1.82) is 0 Å². The van der Waals surface area contributed by atoms with Crippen LogP contribution in [0.15, 0.2) is 11.9 Å². The minimum Gasteiger partial charge on any atom is -0.461 e. The topological polar surface area (TPSA) is 81.6 Å². The fourth-order valence-electron chi connectivity index (χ4n) is 2.22. The lowest BCUT2D eigenvalue weighted by Gasteiger charge is -2.37. The number of carbonyl (C=O) groups is 1. The summed E-state index contributed by atoms with van der Waals surface area (Å²) in [5, 5.41) is 1.56. The zero-order valence-corrected chi connectivity index (χ0v) is 13.6. The van der Waals surface area contributed by atoms with E-state index in [4.69, 9.17) is 16.3 Å². The summed E-state index contributed by atoms with van der Waals surface area (Å²) in [7, 11) is 0. The van der Waals surface area contributed by atoms with Crippen LogP contribution in [0.4, 0.5) is 0 Å². The standard InChI is InChI=1S/C13H25N3O2.C2H6/c1-4-18-12(17)11(14)9-16(15)10-5-7-13(2,3)8-6-10;1-2/h9-10H,4-8,14-15H2,1-3H3;1-2H3/b11-9-;. The molecule has 0 aliphatic heterocycles. The zero-order valence-electron chi connectivity index (χ0n) is 13.6. The van der Waals surface area contributed by atoms with Gasteiger partial charge in [-0.2, -0.15) is 0 Å². The van der Waals surface area contributed by atoms with Gasteiger partial charge in [0.2, 0.25) is 0 Å². The molecule has 0 aromatic rings. The van der Waals surface area contributed by atoms with E-state index in [-0.39, 0.29) is 11.7 Å². The van der Waals surface area contributed by atoms with Gasteiger partial charge in [0, 0.05) is 12.2 Å². The first-order valence-electron chi connectivity index (χ1n) is 7.53. The molecule has 0 amide bonds. The van der Waals surface area contributed by atoms with E-state index in [2.05, 4.69) is 13.8 Å². The third kappa shape index (κ3) is 6.28. The molecule has 0 atom stereocenters. The number of hydrogen-bond donors (Lipinski definition) is 2. The molecular formula is C15H31N3O2. The molecule has 0 aromatic heterocycles. The van der Waals surface area contributed by atoms with E-state index in [0.29, 0.717) is 12.0 Å². The number of hydrogen-bond acceptors (Lipinski definition) is 5. The highest BCUT2D eigenvalue weighted by Crippen LogP contribution is 2.36. The molecule has 1 aliphatic carbocycles. The van der Waals surface area contributed by atoms with Gasteiger partial charge in [-0.1, -0.05) is 27.7 Å². The van der Waals surface area contributed by atoms with E-state index in [1.165, 1.54) is 6.20 Å². The Balaban J connectivity index is 0.00000172. The van der Waals surface area contributed by atoms with Crippen molar-refractivity contribution in [2.75, 3.05) is 6.61 Å². The summed E-state index contributed by atoms with van der Waals surface area (Å²) in [4.78, 5) is 11.4. The second-order valence-corrected chi connectivity index (χ2v) is 5.65. The molecule has 0 spiro atoms. The number of rotatable bonds is 4. The lowest BCUT2D eigenvalue weighted by Crippen LogP contribution is -2.41. The molecule has 1 saturated carbocycles. The average Bonchev–Trinajstić information content (AvgIpc) is 2.41. The van der Waals surface area contributed by atoms with E-state index >= 15 is 0 Å². The molecule has 1 aliphatic rings. The van der Waals surface area contributed by atoms with Crippen molar-refractivity contribution in [2.45, 2.75) is 66.3 Å². The lowest BCUT2D eigenvalue weighted by atomic mass is 9.75. The molecule has 0 saturated heterocycles. The maximum atomic E-state index is 11.4. The van der Waals surface area contributed by atoms with E-state index in [9.17, 15) is 4.79 Å². The Bertz CT molecular complexity index is 317. The van der Waals surface area contributed by atoms with Crippen LogP contribution in [0.1, 0.15) is 60.3 Å². The van der Waals surface area contributed by atoms with Crippen LogP contribution in [-0.2, 0) is 9.53 Å². The van der Waals surface area contributed by atoms with Crippen molar-refractivity contribution in [2.24, 2.45) is 17.0 Å². The zero-order chi connectivity index (χ0) is 15.8. The van der Waals surface area contributed by atoms with Gasteiger partial charge in [-0.3, -0.25) is 0 Å². The van der Waals surface area contributed by atoms with Crippen molar-refractivity contribution in [3.05, 3.63) is 11.9 Å². The van der Waals surface area contributed by atoms with Gasteiger partial charge in [-0.15, -0.1) is 0 Å². The first-order valence-corrected chi connectivity index (χ1v) is 7.53. The Morgan fingerprint density at radius 2 is 1.85 bits per heavy atom. The monoisotopic (exact) mass is 285 g/mol. The van der Waals surface area contributed by atoms with Crippen LogP contribution >= 0.6 is 0 Å². The fourth-order valence-corrected chi connectivity index (χ4v) is 2.22. The largest absolute Gasteiger partial charge is 0.461 e. The van der Waals surface area contributed by atoms with Crippen molar-refractivity contribution < 1.29 is 9.53 Å². The number of nitrogens with two attached hydrogens (primary N) is 2. The van der Waals surface area contributed by atoms with Crippen LogP contribution in [0.25, 0.3) is 0 Å². The minimum absolute atomic E-state index is 0.0594. The smallest absolute Gasteiger partial charge is 0.355 e. The highest BCUT2D eigenvalue weighted by atomic mass is 16.5. The molecule has 0 aromatic carbocycles. The average molecular weight is 285 g/mol. The van der Waals surface area contributed by atoms with Crippen molar-refractivity contribution in [3.8, 4) is 0 Å². The summed E-state index contributed by atoms with van der Waals surface area (Å²) in [6.07, 6.45) is 5.81. The molecule has 0 heterocycles. The molecule has 0 bridgehead atoms. The maximum absolute atomic E-state index is 11.4. The summed E-state index contributed by atoms with van der Waals surface area (Å²) in [5.74, 6) is 5.43. The van der Waals surface area contributed by atoms with Gasteiger partial charge in [-0.25, -0.2) is 10.6 Å². The van der Waals surface area contributed by atoms with Gasteiger partial charge in [0.05, 0.1) is 6.61 Å². The fraction of sp³-hybridized carbons (Fsp3) is 0.800. The summed E-state index contributed by atoms with van der Waals surface area (Å²) in [6.45, 7) is 10.6. The predicted molar refractivity (Wildman–Crippen MR) is 82.3 cm³/mol. The summed E-state index contributed by atoms with van der Waals surface area (Å²) < 4.78 is 4.81. The van der Waals surface area contributed by atoms with E-state index in [1.54, 1.807) is 11.9 Å². The van der Waals surface area contributed by atoms with Gasteiger partial charge < -0.3 is 15.5 Å². The molecule has 20 heavy (non-hydrogen) atoms. The highest BCUT2D eigenvalue weighted by molar-refractivity contribution is 5.87. The number of hydrazine groups is 1. The summed E-state index contributed by atoms with van der Waals surface area (Å²) in [5.41, 5.74) is 6.09. The van der Waals surface area contributed by atoms with Crippen LogP contribution in [0.3, 0.4) is 0 Å². The molecule has 1 fully saturated rings. The molecular weight excluding hydrogens is 254 g/mol. The van der Waals surface area contributed by atoms with E-state index in [1.807, 2.05) is 13.8 Å². The van der Waals surface area contributed by atoms with Crippen molar-refractivity contribution in [3.63, 3.8) is 0 Å². The SMILES string of the molecule is CC.CCOC(=O)/C(N)=C/N(N)C1CCC(C)(C)CC1. The Morgan fingerprint density at radius 1 is 1.35 bits per heavy atom. The molecule has 5 heteroatoms. The number of esters is 1. The third-order valence-corrected chi connectivity index (χ3v) is 3.53. The minimum atomic E-state index is -0.510. The third-order valence-electron chi connectivity index (χ3n) is 3.53. The Morgan fingerprint density at radius 3 is 2.30 bits per heavy atom. The quantitative estimate of drug-likeness (QED) is 0.359. The second-order valence-electron chi connectivity index (χ2n) is 5.65. The van der Waals surface area contributed by atoms with Gasteiger partial charge >= 0.3 is 5.97 Å². The number of ether oxygens (including phenoxy) is 1. The normalized spacial score (nSPS) is 18.8. The predicted octanol–water partition coefficient (Wildman–Crippen LogP) is 2.52. The van der Waals surface area contributed by atoms with Crippen molar-refractivity contribution in [1.82, 2.24) is 5.01 Å². The van der Waals surface area contributed by atoms with Gasteiger partial charge in [0.25, 0.3) is 0 Å². The molecule has 118 valence electrons. The van der Waals surface area contributed by atoms with Crippen LogP contribution in [-0.4, -0.2) is 23.6 Å². The highest BCUT2D eigenvalue weighted by Gasteiger charge is 2.28. The summed E-state index contributed by atoms with van der Waals surface area (Å²) >= 11 is 0.